The van der Waals surface area contributed by atoms with Crippen LogP contribution in [0.2, 0.25) is 0 Å². The molecule has 0 aromatic carbocycles. The molecule has 0 saturated carbocycles. The molecule has 0 unspecified atom stereocenters. The van der Waals surface area contributed by atoms with E-state index in [2.05, 4.69) is 18.7 Å². The third-order valence-corrected chi connectivity index (χ3v) is 5.43. The molecule has 3 heteroatoms. The molecule has 27 heavy (non-hydrogen) atoms. The Kier molecular flexibility index (Phi) is 23.8. The first-order valence-electron chi connectivity index (χ1n) is 12.2. The fourth-order valence-electron chi connectivity index (χ4n) is 3.62. The van der Waals surface area contributed by atoms with E-state index in [1.165, 1.54) is 116 Å². The molecule has 0 N–H and O–H groups in total. The van der Waals surface area contributed by atoms with E-state index in [0.717, 1.165) is 6.54 Å². The molecule has 0 saturated heterocycles. The van der Waals surface area contributed by atoms with Crippen LogP contribution in [0.3, 0.4) is 0 Å². The Morgan fingerprint density at radius 3 is 1.33 bits per heavy atom. The van der Waals surface area contributed by atoms with Crippen LogP contribution in [-0.2, 0) is 4.74 Å². The van der Waals surface area contributed by atoms with Gasteiger partial charge >= 0.3 is 0 Å². The lowest BCUT2D eigenvalue weighted by Crippen LogP contribution is -2.30. The fourth-order valence-corrected chi connectivity index (χ4v) is 3.62. The lowest BCUT2D eigenvalue weighted by molar-refractivity contribution is 0.0918. The summed E-state index contributed by atoms with van der Waals surface area (Å²) in [6.07, 6.45) is 22.0. The Bertz CT molecular complexity index is 243. The summed E-state index contributed by atoms with van der Waals surface area (Å²) in [4.78, 5) is 2.55. The largest absolute Gasteiger partial charge is 0.377 e. The normalized spacial score (nSPS) is 11.6. The summed E-state index contributed by atoms with van der Waals surface area (Å²) >= 11 is 0. The molecule has 0 aromatic heterocycles. The lowest BCUT2D eigenvalue weighted by atomic mass is 10.1. The Hall–Kier alpha value is -0.150. The average molecular weight is 388 g/mol. The van der Waals surface area contributed by atoms with E-state index in [0.29, 0.717) is 6.61 Å². The van der Waals surface area contributed by atoms with Crippen LogP contribution in [0, 0.1) is 0 Å². The highest BCUT2D eigenvalue weighted by atomic mass is 19.1. The van der Waals surface area contributed by atoms with E-state index in [4.69, 9.17) is 4.74 Å². The predicted molar refractivity (Wildman–Crippen MR) is 118 cm³/mol. The van der Waals surface area contributed by atoms with E-state index in [1.807, 2.05) is 0 Å². The van der Waals surface area contributed by atoms with Crippen LogP contribution in [0.5, 0.6) is 0 Å². The van der Waals surface area contributed by atoms with Crippen LogP contribution in [0.25, 0.3) is 0 Å². The van der Waals surface area contributed by atoms with Crippen LogP contribution in [0.4, 0.5) is 4.39 Å². The maximum Gasteiger partial charge on any atom is 0.113 e. The van der Waals surface area contributed by atoms with Gasteiger partial charge in [-0.2, -0.15) is 0 Å². The number of hydrogen-bond donors (Lipinski definition) is 0. The van der Waals surface area contributed by atoms with Crippen molar-refractivity contribution in [2.75, 3.05) is 39.5 Å². The highest BCUT2D eigenvalue weighted by Gasteiger charge is 2.05. The standard InChI is InChI=1S/C24H50FNO/c1-3-5-7-9-11-13-15-17-20-26(22-24-27-23-19-25)21-18-16-14-12-10-8-6-4-2/h3-24H2,1-2H3. The summed E-state index contributed by atoms with van der Waals surface area (Å²) in [6, 6.07) is 0. The van der Waals surface area contributed by atoms with Gasteiger partial charge in [-0.25, -0.2) is 4.39 Å². The Morgan fingerprint density at radius 1 is 0.519 bits per heavy atom. The highest BCUT2D eigenvalue weighted by Crippen LogP contribution is 2.11. The molecule has 0 atom stereocenters. The van der Waals surface area contributed by atoms with E-state index in [9.17, 15) is 4.39 Å². The second-order valence-electron chi connectivity index (χ2n) is 8.09. The topological polar surface area (TPSA) is 12.5 Å². The van der Waals surface area contributed by atoms with Gasteiger partial charge in [-0.1, -0.05) is 104 Å². The van der Waals surface area contributed by atoms with Gasteiger partial charge in [0.2, 0.25) is 0 Å². The number of unbranched alkanes of at least 4 members (excludes halogenated alkanes) is 14. The van der Waals surface area contributed by atoms with Crippen molar-refractivity contribution in [3.63, 3.8) is 0 Å². The summed E-state index contributed by atoms with van der Waals surface area (Å²) in [5, 5.41) is 0. The Labute approximate surface area is 170 Å². The zero-order valence-corrected chi connectivity index (χ0v) is 18.8. The molecule has 0 aliphatic carbocycles. The van der Waals surface area contributed by atoms with Gasteiger partial charge in [-0.3, -0.25) is 0 Å². The van der Waals surface area contributed by atoms with Gasteiger partial charge in [0.15, 0.2) is 0 Å². The minimum absolute atomic E-state index is 0.253. The molecule has 164 valence electrons. The summed E-state index contributed by atoms with van der Waals surface area (Å²) in [5.74, 6) is 0. The second kappa shape index (κ2) is 23.9. The van der Waals surface area contributed by atoms with E-state index in [-0.39, 0.29) is 13.3 Å². The van der Waals surface area contributed by atoms with Gasteiger partial charge in [-0.15, -0.1) is 0 Å². The van der Waals surface area contributed by atoms with Crippen molar-refractivity contribution in [1.29, 1.82) is 0 Å². The minimum Gasteiger partial charge on any atom is -0.377 e. The van der Waals surface area contributed by atoms with Gasteiger partial charge in [0, 0.05) is 6.54 Å². The van der Waals surface area contributed by atoms with E-state index in [1.54, 1.807) is 0 Å². The molecule has 0 radical (unpaired) electrons. The highest BCUT2D eigenvalue weighted by molar-refractivity contribution is 4.59. The summed E-state index contributed by atoms with van der Waals surface area (Å²) in [6.45, 7) is 8.45. The van der Waals surface area contributed by atoms with Gasteiger partial charge in [-0.05, 0) is 25.9 Å². The van der Waals surface area contributed by atoms with Crippen molar-refractivity contribution in [2.45, 2.75) is 117 Å². The van der Waals surface area contributed by atoms with Gasteiger partial charge in [0.25, 0.3) is 0 Å². The average Bonchev–Trinajstić information content (AvgIpc) is 2.68. The molecule has 0 bridgehead atoms. The lowest BCUT2D eigenvalue weighted by Gasteiger charge is -2.22. The maximum absolute atomic E-state index is 12.2. The summed E-state index contributed by atoms with van der Waals surface area (Å²) in [7, 11) is 0. The molecule has 0 rings (SSSR count). The first-order chi connectivity index (χ1) is 13.3. The zero-order valence-electron chi connectivity index (χ0n) is 18.8. The summed E-state index contributed by atoms with van der Waals surface area (Å²) < 4.78 is 17.5. The fraction of sp³-hybridized carbons (Fsp3) is 1.00. The van der Waals surface area contributed by atoms with Crippen molar-refractivity contribution in [3.05, 3.63) is 0 Å². The molecule has 0 fully saturated rings. The van der Waals surface area contributed by atoms with Gasteiger partial charge in [0.05, 0.1) is 13.2 Å². The van der Waals surface area contributed by atoms with Crippen LogP contribution in [0.15, 0.2) is 0 Å². The molecule has 0 aliphatic heterocycles. The van der Waals surface area contributed by atoms with Crippen LogP contribution < -0.4 is 0 Å². The third-order valence-electron chi connectivity index (χ3n) is 5.43. The molecular formula is C24H50FNO. The van der Waals surface area contributed by atoms with Crippen molar-refractivity contribution >= 4 is 0 Å². The molecule has 0 aliphatic rings. The quantitative estimate of drug-likeness (QED) is 0.168. The van der Waals surface area contributed by atoms with E-state index < -0.39 is 0 Å². The number of halogens is 1. The molecule has 0 heterocycles. The number of rotatable bonds is 23. The van der Waals surface area contributed by atoms with Crippen molar-refractivity contribution < 1.29 is 9.13 Å². The number of alkyl halides is 1. The smallest absolute Gasteiger partial charge is 0.113 e. The maximum atomic E-state index is 12.2. The first kappa shape index (κ1) is 26.9. The molecule has 0 aromatic rings. The van der Waals surface area contributed by atoms with E-state index >= 15 is 0 Å². The van der Waals surface area contributed by atoms with Crippen LogP contribution in [-0.4, -0.2) is 44.4 Å². The molecular weight excluding hydrogens is 337 g/mol. The molecule has 2 nitrogen and oxygen atoms in total. The Balaban J connectivity index is 3.70. The van der Waals surface area contributed by atoms with Crippen molar-refractivity contribution in [1.82, 2.24) is 4.90 Å². The predicted octanol–water partition coefficient (Wildman–Crippen LogP) is 7.56. The zero-order chi connectivity index (χ0) is 19.8. The van der Waals surface area contributed by atoms with Crippen molar-refractivity contribution in [3.8, 4) is 0 Å². The van der Waals surface area contributed by atoms with Crippen LogP contribution >= 0.6 is 0 Å². The van der Waals surface area contributed by atoms with Gasteiger partial charge < -0.3 is 9.64 Å². The first-order valence-corrected chi connectivity index (χ1v) is 12.2. The summed E-state index contributed by atoms with van der Waals surface area (Å²) in [5.41, 5.74) is 0. The SMILES string of the molecule is CCCCCCCCCCN(CCCCCCCCCC)CCOCCF. The number of hydrogen-bond acceptors (Lipinski definition) is 2. The third kappa shape index (κ3) is 22.0. The number of nitrogens with zero attached hydrogens (tertiary/aromatic N) is 1. The monoisotopic (exact) mass is 387 g/mol. The van der Waals surface area contributed by atoms with Crippen LogP contribution in [0.1, 0.15) is 117 Å². The van der Waals surface area contributed by atoms with Gasteiger partial charge in [0.1, 0.15) is 6.67 Å². The van der Waals surface area contributed by atoms with Crippen molar-refractivity contribution in [2.24, 2.45) is 0 Å². The number of ether oxygens (including phenoxy) is 1. The second-order valence-corrected chi connectivity index (χ2v) is 8.09. The molecule has 0 amide bonds. The Morgan fingerprint density at radius 2 is 0.926 bits per heavy atom. The minimum atomic E-state index is -0.365. The molecule has 0 spiro atoms.